The molecule has 0 bridgehead atoms. The number of carbonyl (C=O) groups excluding carboxylic acids is 3. The van der Waals surface area contributed by atoms with Crippen molar-refractivity contribution in [1.29, 1.82) is 0 Å². The van der Waals surface area contributed by atoms with Crippen molar-refractivity contribution in [2.24, 2.45) is 17.8 Å². The first-order chi connectivity index (χ1) is 28.3. The van der Waals surface area contributed by atoms with E-state index in [9.17, 15) is 29.7 Å². The molecule has 18 heteroatoms. The van der Waals surface area contributed by atoms with Gasteiger partial charge in [0.25, 0.3) is 0 Å². The number of alkyl carbamates (subject to hydrolysis) is 2. The highest BCUT2D eigenvalue weighted by Gasteiger charge is 2.60. The van der Waals surface area contributed by atoms with Gasteiger partial charge in [-0.3, -0.25) is 4.90 Å². The molecule has 17 nitrogen and oxygen atoms in total. The molecule has 0 aromatic heterocycles. The van der Waals surface area contributed by atoms with Crippen LogP contribution in [-0.4, -0.2) is 137 Å². The van der Waals surface area contributed by atoms with Gasteiger partial charge < -0.3 is 63.8 Å². The Labute approximate surface area is 347 Å². The molecule has 0 spiro atoms. The van der Waals surface area contributed by atoms with E-state index in [0.29, 0.717) is 6.42 Å². The van der Waals surface area contributed by atoms with Crippen LogP contribution in [0.2, 0.25) is 0 Å². The number of alkyl halides is 1. The molecule has 3 amide bonds. The SMILES string of the molecule is CC1C[C@@H]2OC(O[C@H]3OC(CO)[C@@H](C)[C@H](C)C3O)C3C(OC(=O)N3C)C2O[C@@H]1O[C@@H]1C(NC(=O)OCc2ccccc2)C[C@@H](NC(=O)OCc2ccccc2)C(O)[C@H]1Cl. The molecule has 7 rings (SSSR count). The highest BCUT2D eigenvalue weighted by atomic mass is 35.5. The second-order valence-corrected chi connectivity index (χ2v) is 16.6. The van der Waals surface area contributed by atoms with E-state index >= 15 is 0 Å². The zero-order valence-corrected chi connectivity index (χ0v) is 34.0. The number of fused-ring (bicyclic) bond motifs is 3. The highest BCUT2D eigenvalue weighted by Crippen LogP contribution is 2.43. The molecule has 1 aliphatic carbocycles. The number of nitrogens with zero attached hydrogens (tertiary/aromatic N) is 1. The second-order valence-electron chi connectivity index (χ2n) is 16.1. The van der Waals surface area contributed by atoms with Gasteiger partial charge in [0.2, 0.25) is 0 Å². The zero-order valence-electron chi connectivity index (χ0n) is 33.3. The van der Waals surface area contributed by atoms with Gasteiger partial charge >= 0.3 is 18.3 Å². The fraction of sp³-hybridized carbons (Fsp3) is 0.634. The maximum atomic E-state index is 13.2. The van der Waals surface area contributed by atoms with Crippen LogP contribution < -0.4 is 10.6 Å². The van der Waals surface area contributed by atoms with Crippen LogP contribution in [-0.2, 0) is 51.1 Å². The Morgan fingerprint density at radius 2 is 1.39 bits per heavy atom. The molecule has 17 atom stereocenters. The van der Waals surface area contributed by atoms with Crippen LogP contribution in [0.4, 0.5) is 14.4 Å². The smallest absolute Gasteiger partial charge is 0.410 e. The molecule has 4 aliphatic heterocycles. The fourth-order valence-corrected chi connectivity index (χ4v) is 8.92. The van der Waals surface area contributed by atoms with Crippen molar-refractivity contribution in [2.75, 3.05) is 13.7 Å². The number of hydrogen-bond donors (Lipinski definition) is 5. The van der Waals surface area contributed by atoms with Crippen LogP contribution in [0.5, 0.6) is 0 Å². The Bertz CT molecular complexity index is 1730. The van der Waals surface area contributed by atoms with Gasteiger partial charge in [0.1, 0.15) is 31.5 Å². The van der Waals surface area contributed by atoms with Gasteiger partial charge in [-0.1, -0.05) is 81.4 Å². The molecule has 9 unspecified atom stereocenters. The molecular weight excluding hydrogens is 794 g/mol. The molecule has 4 saturated heterocycles. The Morgan fingerprint density at radius 1 is 0.780 bits per heavy atom. The summed E-state index contributed by atoms with van der Waals surface area (Å²) in [5.41, 5.74) is 1.54. The van der Waals surface area contributed by atoms with Crippen molar-refractivity contribution in [3.8, 4) is 0 Å². The minimum Gasteiger partial charge on any atom is -0.445 e. The zero-order chi connectivity index (χ0) is 42.0. The van der Waals surface area contributed by atoms with Crippen molar-refractivity contribution in [3.05, 3.63) is 71.8 Å². The molecule has 5 fully saturated rings. The number of ether oxygens (including phenoxy) is 8. The standard InChI is InChI=1S/C41H54ClN3O14/c1-20-15-27-34(35-30(45(4)41(51)58-35)37(54-27)59-38-31(47)22(3)21(2)28(17-46)55-38)57-36(20)56-33-26(44-40(50)53-19-24-13-9-6-10-14-24)16-25(32(48)29(33)42)43-39(49)52-18-23-11-7-5-8-12-23/h5-14,20-22,25-38,46-48H,15-19H2,1-4H3,(H,43,49)(H,44,50)/t20?,21-,22-,25+,26?,27-,28?,29+,30?,31?,32?,33+,34?,35?,36-,37?,38+/m0/s1. The van der Waals surface area contributed by atoms with Crippen molar-refractivity contribution in [2.45, 2.75) is 132 Å². The van der Waals surface area contributed by atoms with Crippen LogP contribution in [0, 0.1) is 17.8 Å². The predicted octanol–water partition coefficient (Wildman–Crippen LogP) is 3.00. The third-order valence-corrected chi connectivity index (χ3v) is 12.7. The first-order valence-corrected chi connectivity index (χ1v) is 20.5. The van der Waals surface area contributed by atoms with E-state index in [-0.39, 0.29) is 44.0 Å². The lowest BCUT2D eigenvalue weighted by Crippen LogP contribution is -2.67. The van der Waals surface area contributed by atoms with E-state index in [4.69, 9.17) is 49.5 Å². The Balaban J connectivity index is 1.05. The number of aliphatic hydroxyl groups is 3. The number of nitrogens with one attached hydrogen (secondary N) is 2. The molecule has 5 aliphatic rings. The van der Waals surface area contributed by atoms with Gasteiger partial charge in [-0.2, -0.15) is 0 Å². The summed E-state index contributed by atoms with van der Waals surface area (Å²) < 4.78 is 48.6. The van der Waals surface area contributed by atoms with Gasteiger partial charge in [-0.25, -0.2) is 14.4 Å². The second kappa shape index (κ2) is 18.9. The minimum absolute atomic E-state index is 0.000596. The van der Waals surface area contributed by atoms with Crippen LogP contribution in [0.15, 0.2) is 60.7 Å². The van der Waals surface area contributed by atoms with Crippen LogP contribution >= 0.6 is 11.6 Å². The summed E-state index contributed by atoms with van der Waals surface area (Å²) in [4.78, 5) is 40.5. The molecule has 5 N–H and O–H groups in total. The molecule has 2 aromatic carbocycles. The average Bonchev–Trinajstić information content (AvgIpc) is 3.54. The van der Waals surface area contributed by atoms with E-state index in [2.05, 4.69) is 10.6 Å². The lowest BCUT2D eigenvalue weighted by atomic mass is 9.83. The summed E-state index contributed by atoms with van der Waals surface area (Å²) in [6.45, 7) is 5.33. The quantitative estimate of drug-likeness (QED) is 0.163. The molecule has 4 heterocycles. The van der Waals surface area contributed by atoms with Gasteiger partial charge in [0, 0.05) is 13.0 Å². The predicted molar refractivity (Wildman–Crippen MR) is 206 cm³/mol. The molecule has 0 radical (unpaired) electrons. The molecule has 1 saturated carbocycles. The number of hydrogen-bond acceptors (Lipinski definition) is 14. The lowest BCUT2D eigenvalue weighted by Gasteiger charge is -2.51. The Hall–Kier alpha value is -3.78. The number of benzene rings is 2. The fourth-order valence-electron chi connectivity index (χ4n) is 8.51. The van der Waals surface area contributed by atoms with Gasteiger partial charge in [-0.05, 0) is 35.8 Å². The van der Waals surface area contributed by atoms with E-state index in [0.717, 1.165) is 11.1 Å². The van der Waals surface area contributed by atoms with Gasteiger partial charge in [0.05, 0.1) is 48.5 Å². The number of rotatable bonds is 11. The number of likely N-dealkylation sites (N-methyl/N-ethyl adjacent to an activating group) is 1. The maximum absolute atomic E-state index is 13.2. The number of carbonyl (C=O) groups is 3. The normalized spacial score (nSPS) is 39.3. The largest absolute Gasteiger partial charge is 0.445 e. The van der Waals surface area contributed by atoms with Crippen LogP contribution in [0.3, 0.4) is 0 Å². The van der Waals surface area contributed by atoms with Crippen molar-refractivity contribution in [1.82, 2.24) is 15.5 Å². The lowest BCUT2D eigenvalue weighted by molar-refractivity contribution is -0.374. The van der Waals surface area contributed by atoms with Gasteiger partial charge in [0.15, 0.2) is 25.0 Å². The first-order valence-electron chi connectivity index (χ1n) is 20.1. The maximum Gasteiger partial charge on any atom is 0.410 e. The molecule has 324 valence electrons. The summed E-state index contributed by atoms with van der Waals surface area (Å²) in [6, 6.07) is 15.6. The third-order valence-electron chi connectivity index (χ3n) is 12.2. The van der Waals surface area contributed by atoms with E-state index in [1.54, 1.807) is 7.05 Å². The topological polar surface area (TPSA) is 213 Å². The van der Waals surface area contributed by atoms with E-state index in [1.807, 2.05) is 81.4 Å². The van der Waals surface area contributed by atoms with Crippen molar-refractivity contribution in [3.63, 3.8) is 0 Å². The summed E-state index contributed by atoms with van der Waals surface area (Å²) in [7, 11) is 1.54. The Morgan fingerprint density at radius 3 is 2.00 bits per heavy atom. The summed E-state index contributed by atoms with van der Waals surface area (Å²) >= 11 is 6.95. The molecule has 59 heavy (non-hydrogen) atoms. The average molecular weight is 848 g/mol. The number of amides is 3. The van der Waals surface area contributed by atoms with Crippen molar-refractivity contribution >= 4 is 29.9 Å². The highest BCUT2D eigenvalue weighted by molar-refractivity contribution is 6.21. The van der Waals surface area contributed by atoms with Crippen LogP contribution in [0.1, 0.15) is 44.7 Å². The third kappa shape index (κ3) is 9.58. The summed E-state index contributed by atoms with van der Waals surface area (Å²) in [6.07, 6.45) is -11.4. The molecular formula is C41H54ClN3O14. The van der Waals surface area contributed by atoms with Crippen LogP contribution in [0.25, 0.3) is 0 Å². The Kier molecular flexibility index (Phi) is 13.9. The summed E-state index contributed by atoms with van der Waals surface area (Å²) in [5.74, 6) is -0.769. The summed E-state index contributed by atoms with van der Waals surface area (Å²) in [5, 5.41) is 36.8. The number of halogens is 1. The molecule has 2 aromatic rings. The minimum atomic E-state index is -1.34. The first kappa shape index (κ1) is 43.3. The monoisotopic (exact) mass is 847 g/mol. The van der Waals surface area contributed by atoms with Gasteiger partial charge in [-0.15, -0.1) is 11.6 Å². The van der Waals surface area contributed by atoms with Crippen molar-refractivity contribution < 1.29 is 67.6 Å². The number of aliphatic hydroxyl groups excluding tert-OH is 3. The van der Waals surface area contributed by atoms with E-state index in [1.165, 1.54) is 4.90 Å². The van der Waals surface area contributed by atoms with E-state index < -0.39 is 103 Å².